The number of carbonyl (C=O) groups excluding carboxylic acids is 2. The summed E-state index contributed by atoms with van der Waals surface area (Å²) in [5, 5.41) is 4.55. The second-order valence-corrected chi connectivity index (χ2v) is 7.87. The highest BCUT2D eigenvalue weighted by Crippen LogP contribution is 2.28. The fraction of sp³-hybridized carbons (Fsp3) is 0.0455. The van der Waals surface area contributed by atoms with Crippen LogP contribution in [0.2, 0.25) is 10.0 Å². The van der Waals surface area contributed by atoms with Gasteiger partial charge in [-0.25, -0.2) is 10.2 Å². The van der Waals surface area contributed by atoms with E-state index < -0.39 is 11.9 Å². The van der Waals surface area contributed by atoms with Crippen LogP contribution in [0.5, 0.6) is 11.5 Å². The molecule has 0 bridgehead atoms. The maximum Gasteiger partial charge on any atom is 0.343 e. The molecule has 1 amide bonds. The minimum Gasteiger partial charge on any atom is -0.493 e. The van der Waals surface area contributed by atoms with Gasteiger partial charge in [-0.15, -0.1) is 0 Å². The van der Waals surface area contributed by atoms with Gasteiger partial charge in [-0.2, -0.15) is 5.10 Å². The van der Waals surface area contributed by atoms with E-state index in [0.29, 0.717) is 27.5 Å². The van der Waals surface area contributed by atoms with E-state index in [9.17, 15) is 9.59 Å². The Bertz CT molecular complexity index is 1170. The smallest absolute Gasteiger partial charge is 0.343 e. The van der Waals surface area contributed by atoms with E-state index in [0.717, 1.165) is 4.47 Å². The Morgan fingerprint density at radius 3 is 2.48 bits per heavy atom. The van der Waals surface area contributed by atoms with Crippen LogP contribution in [0.3, 0.4) is 0 Å². The van der Waals surface area contributed by atoms with Gasteiger partial charge in [0.2, 0.25) is 0 Å². The number of hydrazone groups is 1. The van der Waals surface area contributed by atoms with E-state index in [4.69, 9.17) is 32.7 Å². The summed E-state index contributed by atoms with van der Waals surface area (Å²) in [5.74, 6) is -0.371. The SMILES string of the molecule is COc1cc(/C=N\NC(=O)c2ccc(Cl)c(Cl)c2)ccc1OC(=O)c1cccc(Br)c1. The Labute approximate surface area is 196 Å². The fourth-order valence-corrected chi connectivity index (χ4v) is 3.19. The molecule has 0 aliphatic heterocycles. The van der Waals surface area contributed by atoms with Crippen molar-refractivity contribution in [3.05, 3.63) is 91.9 Å². The molecule has 0 spiro atoms. The molecule has 3 aromatic rings. The third-order valence-electron chi connectivity index (χ3n) is 4.01. The molecule has 0 fully saturated rings. The molecule has 158 valence electrons. The lowest BCUT2D eigenvalue weighted by Crippen LogP contribution is -2.17. The van der Waals surface area contributed by atoms with Crippen molar-refractivity contribution in [2.45, 2.75) is 0 Å². The van der Waals surface area contributed by atoms with Crippen LogP contribution in [-0.2, 0) is 0 Å². The van der Waals surface area contributed by atoms with E-state index in [1.54, 1.807) is 36.4 Å². The van der Waals surface area contributed by atoms with Gasteiger partial charge in [-0.05, 0) is 60.2 Å². The van der Waals surface area contributed by atoms with E-state index in [1.807, 2.05) is 6.07 Å². The number of nitrogens with zero attached hydrogens (tertiary/aromatic N) is 1. The third-order valence-corrected chi connectivity index (χ3v) is 5.24. The molecule has 0 saturated heterocycles. The number of nitrogens with one attached hydrogen (secondary N) is 1. The number of methoxy groups -OCH3 is 1. The minimum absolute atomic E-state index is 0.254. The first kappa shape index (κ1) is 22.8. The van der Waals surface area contributed by atoms with Crippen molar-refractivity contribution in [3.63, 3.8) is 0 Å². The van der Waals surface area contributed by atoms with Gasteiger partial charge < -0.3 is 9.47 Å². The second kappa shape index (κ2) is 10.4. The number of rotatable bonds is 6. The number of benzene rings is 3. The summed E-state index contributed by atoms with van der Waals surface area (Å²) in [6.45, 7) is 0. The zero-order chi connectivity index (χ0) is 22.4. The molecule has 0 atom stereocenters. The molecular weight excluding hydrogens is 507 g/mol. The van der Waals surface area contributed by atoms with Crippen LogP contribution < -0.4 is 14.9 Å². The van der Waals surface area contributed by atoms with Gasteiger partial charge >= 0.3 is 5.97 Å². The lowest BCUT2D eigenvalue weighted by Gasteiger charge is -2.10. The molecule has 0 aromatic heterocycles. The monoisotopic (exact) mass is 520 g/mol. The summed E-state index contributed by atoms with van der Waals surface area (Å²) in [6, 6.07) is 16.2. The quantitative estimate of drug-likeness (QED) is 0.194. The predicted molar refractivity (Wildman–Crippen MR) is 124 cm³/mol. The Kier molecular flexibility index (Phi) is 7.68. The number of hydrogen-bond donors (Lipinski definition) is 1. The molecule has 0 radical (unpaired) electrons. The maximum absolute atomic E-state index is 12.4. The summed E-state index contributed by atoms with van der Waals surface area (Å²) >= 11 is 15.1. The molecule has 0 unspecified atom stereocenters. The van der Waals surface area contributed by atoms with Crippen molar-refractivity contribution in [2.24, 2.45) is 5.10 Å². The number of hydrogen-bond acceptors (Lipinski definition) is 5. The van der Waals surface area contributed by atoms with Crippen LogP contribution >= 0.6 is 39.1 Å². The Morgan fingerprint density at radius 1 is 0.968 bits per heavy atom. The first-order chi connectivity index (χ1) is 14.9. The highest BCUT2D eigenvalue weighted by atomic mass is 79.9. The van der Waals surface area contributed by atoms with Gasteiger partial charge in [0.1, 0.15) is 0 Å². The number of amides is 1. The zero-order valence-corrected chi connectivity index (χ0v) is 19.2. The van der Waals surface area contributed by atoms with Gasteiger partial charge in [0.15, 0.2) is 11.5 Å². The molecule has 0 aliphatic carbocycles. The molecule has 3 aromatic carbocycles. The van der Waals surface area contributed by atoms with Gasteiger partial charge in [0, 0.05) is 10.0 Å². The average Bonchev–Trinajstić information content (AvgIpc) is 2.76. The van der Waals surface area contributed by atoms with Gasteiger partial charge in [-0.3, -0.25) is 4.79 Å². The Morgan fingerprint density at radius 2 is 1.77 bits per heavy atom. The van der Waals surface area contributed by atoms with E-state index in [-0.39, 0.29) is 10.8 Å². The first-order valence-electron chi connectivity index (χ1n) is 8.81. The molecule has 0 saturated carbocycles. The van der Waals surface area contributed by atoms with Crippen molar-refractivity contribution in [3.8, 4) is 11.5 Å². The number of ether oxygens (including phenoxy) is 2. The van der Waals surface area contributed by atoms with E-state index >= 15 is 0 Å². The number of esters is 1. The van der Waals surface area contributed by atoms with Crippen molar-refractivity contribution in [1.82, 2.24) is 5.43 Å². The summed E-state index contributed by atoms with van der Waals surface area (Å²) in [6.07, 6.45) is 1.43. The standard InChI is InChI=1S/C22H15BrCl2N2O4/c1-30-20-9-13(12-26-27-21(28)14-6-7-17(24)18(25)11-14)5-8-19(20)31-22(29)15-3-2-4-16(23)10-15/h2-12H,1H3,(H,27,28)/b26-12-. The third kappa shape index (κ3) is 6.07. The average molecular weight is 522 g/mol. The van der Waals surface area contributed by atoms with Gasteiger partial charge in [0.25, 0.3) is 5.91 Å². The van der Waals surface area contributed by atoms with Crippen LogP contribution in [0.1, 0.15) is 26.3 Å². The van der Waals surface area contributed by atoms with E-state index in [1.165, 1.54) is 31.5 Å². The molecule has 9 heteroatoms. The molecule has 0 heterocycles. The Balaban J connectivity index is 1.68. The highest BCUT2D eigenvalue weighted by molar-refractivity contribution is 9.10. The van der Waals surface area contributed by atoms with Crippen molar-refractivity contribution < 1.29 is 19.1 Å². The molecule has 6 nitrogen and oxygen atoms in total. The second-order valence-electron chi connectivity index (χ2n) is 6.14. The lowest BCUT2D eigenvalue weighted by molar-refractivity contribution is 0.0729. The largest absolute Gasteiger partial charge is 0.493 e. The van der Waals surface area contributed by atoms with Crippen LogP contribution in [0.15, 0.2) is 70.2 Å². The van der Waals surface area contributed by atoms with Crippen LogP contribution in [0.25, 0.3) is 0 Å². The van der Waals surface area contributed by atoms with Crippen LogP contribution in [0.4, 0.5) is 0 Å². The van der Waals surface area contributed by atoms with Crippen LogP contribution in [-0.4, -0.2) is 25.2 Å². The fourth-order valence-electron chi connectivity index (χ4n) is 2.49. The normalized spacial score (nSPS) is 10.7. The summed E-state index contributed by atoms with van der Waals surface area (Å²) in [7, 11) is 1.46. The van der Waals surface area contributed by atoms with Gasteiger partial charge in [-0.1, -0.05) is 45.2 Å². The number of halogens is 3. The summed E-state index contributed by atoms with van der Waals surface area (Å²) in [4.78, 5) is 24.5. The first-order valence-corrected chi connectivity index (χ1v) is 10.4. The lowest BCUT2D eigenvalue weighted by atomic mass is 10.2. The molecular formula is C22H15BrCl2N2O4. The summed E-state index contributed by atoms with van der Waals surface area (Å²) < 4.78 is 11.5. The number of carbonyl (C=O) groups is 2. The summed E-state index contributed by atoms with van der Waals surface area (Å²) in [5.41, 5.74) is 3.74. The van der Waals surface area contributed by atoms with E-state index in [2.05, 4.69) is 26.5 Å². The van der Waals surface area contributed by atoms with Crippen molar-refractivity contribution in [2.75, 3.05) is 7.11 Å². The van der Waals surface area contributed by atoms with Crippen molar-refractivity contribution in [1.29, 1.82) is 0 Å². The van der Waals surface area contributed by atoms with Crippen molar-refractivity contribution >= 4 is 57.2 Å². The predicted octanol–water partition coefficient (Wildman–Crippen LogP) is 5.75. The Hall–Kier alpha value is -2.87. The van der Waals surface area contributed by atoms with Crippen LogP contribution in [0, 0.1) is 0 Å². The van der Waals surface area contributed by atoms with Gasteiger partial charge in [0.05, 0.1) is 28.9 Å². The topological polar surface area (TPSA) is 77.0 Å². The minimum atomic E-state index is -0.519. The zero-order valence-electron chi connectivity index (χ0n) is 16.1. The molecule has 31 heavy (non-hydrogen) atoms. The maximum atomic E-state index is 12.4. The highest BCUT2D eigenvalue weighted by Gasteiger charge is 2.13. The molecule has 0 aliphatic rings. The molecule has 3 rings (SSSR count). The molecule has 1 N–H and O–H groups in total.